The van der Waals surface area contributed by atoms with Crippen molar-refractivity contribution in [3.63, 3.8) is 0 Å². The zero-order chi connectivity index (χ0) is 46.5. The van der Waals surface area contributed by atoms with Crippen LogP contribution in [0.5, 0.6) is 0 Å². The Bertz CT molecular complexity index is 1080. The molecule has 0 aliphatic carbocycles. The first-order chi connectivity index (χ1) is 31.5. The van der Waals surface area contributed by atoms with Crippen LogP contribution in [0.4, 0.5) is 0 Å². The molecule has 0 heterocycles. The van der Waals surface area contributed by atoms with E-state index >= 15 is 0 Å². The van der Waals surface area contributed by atoms with Crippen molar-refractivity contribution in [3.8, 4) is 0 Å². The third kappa shape index (κ3) is 50.6. The van der Waals surface area contributed by atoms with Gasteiger partial charge in [0.15, 0.2) is 6.10 Å². The molecule has 64 heavy (non-hydrogen) atoms. The molecule has 1 unspecified atom stereocenters. The molecule has 0 aliphatic heterocycles. The number of ether oxygens (including phenoxy) is 3. The molecule has 0 spiro atoms. The second kappa shape index (κ2) is 53.2. The van der Waals surface area contributed by atoms with E-state index in [2.05, 4.69) is 57.2 Å². The van der Waals surface area contributed by atoms with Crippen molar-refractivity contribution in [1.29, 1.82) is 0 Å². The van der Waals surface area contributed by atoms with Crippen molar-refractivity contribution < 1.29 is 28.6 Å². The molecule has 0 radical (unpaired) electrons. The summed E-state index contributed by atoms with van der Waals surface area (Å²) in [7, 11) is 0. The lowest BCUT2D eigenvalue weighted by molar-refractivity contribution is -0.167. The van der Waals surface area contributed by atoms with Gasteiger partial charge in [0.25, 0.3) is 0 Å². The molecule has 0 N–H and O–H groups in total. The summed E-state index contributed by atoms with van der Waals surface area (Å²) in [6.07, 6.45) is 62.8. The summed E-state index contributed by atoms with van der Waals surface area (Å²) in [5, 5.41) is 0. The van der Waals surface area contributed by atoms with Gasteiger partial charge >= 0.3 is 17.9 Å². The van der Waals surface area contributed by atoms with Gasteiger partial charge in [-0.3, -0.25) is 14.4 Å². The van der Waals surface area contributed by atoms with E-state index in [0.717, 1.165) is 83.5 Å². The van der Waals surface area contributed by atoms with Crippen molar-refractivity contribution in [2.24, 2.45) is 0 Å². The Kier molecular flexibility index (Phi) is 51.3. The van der Waals surface area contributed by atoms with Crippen molar-refractivity contribution in [2.45, 2.75) is 303 Å². The first kappa shape index (κ1) is 61.6. The Hall–Kier alpha value is -2.37. The summed E-state index contributed by atoms with van der Waals surface area (Å²) in [5.74, 6) is -0.908. The quantitative estimate of drug-likeness (QED) is 0.0262. The highest BCUT2D eigenvalue weighted by atomic mass is 16.6. The zero-order valence-corrected chi connectivity index (χ0v) is 42.8. The van der Waals surface area contributed by atoms with E-state index in [1.807, 2.05) is 0 Å². The van der Waals surface area contributed by atoms with Gasteiger partial charge in [-0.1, -0.05) is 218 Å². The molecule has 0 saturated carbocycles. The van der Waals surface area contributed by atoms with Crippen LogP contribution in [0.15, 0.2) is 36.5 Å². The fraction of sp³-hybridized carbons (Fsp3) is 0.845. The standard InChI is InChI=1S/C58H106O6/c1-4-7-10-13-16-19-22-25-27-28-29-30-31-34-36-39-42-45-48-51-57(60)63-54-55(53-62-56(59)50-47-44-41-38-35-32-24-21-18-15-12-9-6-3)64-58(61)52-49-46-43-40-37-33-26-23-20-17-14-11-8-5-2/h28-29,32-33,35,37,55H,4-27,30-31,34,36,38-54H2,1-3H3/b29-28-,35-32-,37-33-. The number of allylic oxidation sites excluding steroid dienone is 6. The van der Waals surface area contributed by atoms with Crippen LogP contribution in [-0.4, -0.2) is 37.2 Å². The number of hydrogen-bond acceptors (Lipinski definition) is 6. The van der Waals surface area contributed by atoms with Crippen LogP contribution >= 0.6 is 0 Å². The van der Waals surface area contributed by atoms with Crippen LogP contribution in [0.25, 0.3) is 0 Å². The Balaban J connectivity index is 4.36. The Morgan fingerprint density at radius 1 is 0.297 bits per heavy atom. The van der Waals surface area contributed by atoms with Crippen molar-refractivity contribution in [2.75, 3.05) is 13.2 Å². The molecule has 6 heteroatoms. The molecule has 0 fully saturated rings. The Labute approximate surface area is 397 Å². The maximum Gasteiger partial charge on any atom is 0.306 e. The second-order valence-electron chi connectivity index (χ2n) is 18.8. The van der Waals surface area contributed by atoms with Crippen LogP contribution in [0, 0.1) is 0 Å². The summed E-state index contributed by atoms with van der Waals surface area (Å²) in [6, 6.07) is 0. The van der Waals surface area contributed by atoms with E-state index in [9.17, 15) is 14.4 Å². The lowest BCUT2D eigenvalue weighted by Crippen LogP contribution is -2.30. The van der Waals surface area contributed by atoms with E-state index in [0.29, 0.717) is 19.3 Å². The molecule has 374 valence electrons. The van der Waals surface area contributed by atoms with E-state index in [1.165, 1.54) is 173 Å². The molecule has 0 aliphatic rings. The lowest BCUT2D eigenvalue weighted by atomic mass is 10.1. The van der Waals surface area contributed by atoms with Gasteiger partial charge in [0.05, 0.1) is 0 Å². The number of carbonyl (C=O) groups excluding carboxylic acids is 3. The first-order valence-corrected chi connectivity index (χ1v) is 28.0. The molecule has 0 bridgehead atoms. The molecule has 0 aromatic heterocycles. The molecule has 1 atom stereocenters. The van der Waals surface area contributed by atoms with Crippen LogP contribution in [0.2, 0.25) is 0 Å². The van der Waals surface area contributed by atoms with Gasteiger partial charge in [0, 0.05) is 19.3 Å². The number of esters is 3. The van der Waals surface area contributed by atoms with Crippen molar-refractivity contribution >= 4 is 17.9 Å². The first-order valence-electron chi connectivity index (χ1n) is 28.0. The average Bonchev–Trinajstić information content (AvgIpc) is 3.29. The highest BCUT2D eigenvalue weighted by molar-refractivity contribution is 5.71. The van der Waals surface area contributed by atoms with Gasteiger partial charge in [-0.25, -0.2) is 0 Å². The van der Waals surface area contributed by atoms with E-state index < -0.39 is 6.10 Å². The Morgan fingerprint density at radius 3 is 0.797 bits per heavy atom. The van der Waals surface area contributed by atoms with E-state index in [-0.39, 0.29) is 31.1 Å². The fourth-order valence-corrected chi connectivity index (χ4v) is 8.07. The predicted octanol–water partition coefficient (Wildman–Crippen LogP) is 18.5. The second-order valence-corrected chi connectivity index (χ2v) is 18.8. The third-order valence-electron chi connectivity index (χ3n) is 12.3. The topological polar surface area (TPSA) is 78.9 Å². The summed E-state index contributed by atoms with van der Waals surface area (Å²) in [4.78, 5) is 38.0. The van der Waals surface area contributed by atoms with Gasteiger partial charge in [0.2, 0.25) is 0 Å². The highest BCUT2D eigenvalue weighted by Crippen LogP contribution is 2.15. The van der Waals surface area contributed by atoms with Gasteiger partial charge in [-0.15, -0.1) is 0 Å². The maximum absolute atomic E-state index is 12.8. The number of unbranched alkanes of at least 4 members (excludes halogenated alkanes) is 34. The highest BCUT2D eigenvalue weighted by Gasteiger charge is 2.19. The van der Waals surface area contributed by atoms with Crippen LogP contribution in [-0.2, 0) is 28.6 Å². The summed E-state index contributed by atoms with van der Waals surface area (Å²) >= 11 is 0. The molecular weight excluding hydrogens is 793 g/mol. The molecule has 0 aromatic carbocycles. The minimum atomic E-state index is -0.785. The van der Waals surface area contributed by atoms with Crippen molar-refractivity contribution in [1.82, 2.24) is 0 Å². The molecule has 0 amide bonds. The molecular formula is C58H106O6. The van der Waals surface area contributed by atoms with Crippen LogP contribution in [0.1, 0.15) is 297 Å². The average molecular weight is 899 g/mol. The van der Waals surface area contributed by atoms with Crippen molar-refractivity contribution in [3.05, 3.63) is 36.5 Å². The number of carbonyl (C=O) groups is 3. The lowest BCUT2D eigenvalue weighted by Gasteiger charge is -2.18. The van der Waals surface area contributed by atoms with Crippen LogP contribution in [0.3, 0.4) is 0 Å². The summed E-state index contributed by atoms with van der Waals surface area (Å²) in [6.45, 7) is 6.62. The normalized spacial score (nSPS) is 12.2. The van der Waals surface area contributed by atoms with Gasteiger partial charge < -0.3 is 14.2 Å². The predicted molar refractivity (Wildman–Crippen MR) is 275 cm³/mol. The fourth-order valence-electron chi connectivity index (χ4n) is 8.07. The SMILES string of the molecule is CCCCCCCC/C=C\CCCCCC(=O)OCC(COC(=O)CCCCCCCCC/C=C\CCCCCCCCCC)OC(=O)CCCCC/C=C\CCCCCCCCC. The summed E-state index contributed by atoms with van der Waals surface area (Å²) in [5.41, 5.74) is 0. The van der Waals surface area contributed by atoms with Crippen LogP contribution < -0.4 is 0 Å². The maximum atomic E-state index is 12.8. The van der Waals surface area contributed by atoms with E-state index in [1.54, 1.807) is 0 Å². The molecule has 0 saturated heterocycles. The largest absolute Gasteiger partial charge is 0.462 e. The minimum absolute atomic E-state index is 0.0833. The zero-order valence-electron chi connectivity index (χ0n) is 42.8. The van der Waals surface area contributed by atoms with E-state index in [4.69, 9.17) is 14.2 Å². The van der Waals surface area contributed by atoms with Gasteiger partial charge in [-0.05, 0) is 96.3 Å². The monoisotopic (exact) mass is 899 g/mol. The smallest absolute Gasteiger partial charge is 0.306 e. The molecule has 0 aromatic rings. The number of rotatable bonds is 51. The number of hydrogen-bond donors (Lipinski definition) is 0. The Morgan fingerprint density at radius 2 is 0.516 bits per heavy atom. The summed E-state index contributed by atoms with van der Waals surface area (Å²) < 4.78 is 16.8. The van der Waals surface area contributed by atoms with Gasteiger partial charge in [0.1, 0.15) is 13.2 Å². The molecule has 6 nitrogen and oxygen atoms in total. The third-order valence-corrected chi connectivity index (χ3v) is 12.3. The molecule has 0 rings (SSSR count). The minimum Gasteiger partial charge on any atom is -0.462 e. The van der Waals surface area contributed by atoms with Gasteiger partial charge in [-0.2, -0.15) is 0 Å².